The molecule has 6 N–H and O–H groups in total. The van der Waals surface area contributed by atoms with Gasteiger partial charge in [-0.3, -0.25) is 4.79 Å². The summed E-state index contributed by atoms with van der Waals surface area (Å²) in [6.07, 6.45) is 4.61. The van der Waals surface area contributed by atoms with Crippen molar-refractivity contribution in [2.75, 3.05) is 11.1 Å². The van der Waals surface area contributed by atoms with E-state index in [2.05, 4.69) is 10.4 Å². The molecule has 7 nitrogen and oxygen atoms in total. The molecule has 0 bridgehead atoms. The maximum absolute atomic E-state index is 11.8. The molecule has 124 valence electrons. The van der Waals surface area contributed by atoms with Gasteiger partial charge in [-0.25, -0.2) is 4.52 Å². The van der Waals surface area contributed by atoms with Crippen molar-refractivity contribution < 1.29 is 9.90 Å². The molecule has 3 rings (SSSR count). The summed E-state index contributed by atoms with van der Waals surface area (Å²) < 4.78 is 1.62. The zero-order valence-corrected chi connectivity index (χ0v) is 13.6. The normalized spacial score (nSPS) is 26.5. The quantitative estimate of drug-likeness (QED) is 0.681. The van der Waals surface area contributed by atoms with E-state index in [1.165, 1.54) is 6.20 Å². The smallest absolute Gasteiger partial charge is 0.252 e. The third-order valence-electron chi connectivity index (χ3n) is 5.42. The molecular weight excluding hydrogens is 294 g/mol. The third kappa shape index (κ3) is 2.31. The lowest BCUT2D eigenvalue weighted by Gasteiger charge is -2.38. The van der Waals surface area contributed by atoms with Crippen LogP contribution < -0.4 is 16.8 Å². The minimum atomic E-state index is -0.776. The van der Waals surface area contributed by atoms with Crippen LogP contribution in [0.3, 0.4) is 0 Å². The first-order valence-corrected chi connectivity index (χ1v) is 7.69. The first-order valence-electron chi connectivity index (χ1n) is 7.69. The van der Waals surface area contributed by atoms with E-state index in [0.717, 1.165) is 6.42 Å². The van der Waals surface area contributed by atoms with Gasteiger partial charge in [0.25, 0.3) is 5.91 Å². The molecule has 23 heavy (non-hydrogen) atoms. The van der Waals surface area contributed by atoms with Crippen LogP contribution in [-0.4, -0.2) is 32.3 Å². The Morgan fingerprint density at radius 3 is 2.74 bits per heavy atom. The van der Waals surface area contributed by atoms with E-state index in [1.54, 1.807) is 16.8 Å². The Morgan fingerprint density at radius 1 is 1.48 bits per heavy atom. The number of nitrogens with two attached hydrogens (primary N) is 2. The van der Waals surface area contributed by atoms with Gasteiger partial charge in [0, 0.05) is 11.5 Å². The van der Waals surface area contributed by atoms with Gasteiger partial charge in [-0.05, 0) is 25.8 Å². The Morgan fingerprint density at radius 2 is 2.17 bits per heavy atom. The van der Waals surface area contributed by atoms with Crippen molar-refractivity contribution in [3.8, 4) is 0 Å². The summed E-state index contributed by atoms with van der Waals surface area (Å²) in [6, 6.07) is 1.75. The number of nitrogens with one attached hydrogen (secondary N) is 1. The number of nitrogen functional groups attached to an aromatic ring is 1. The lowest BCUT2D eigenvalue weighted by molar-refractivity contribution is -0.0283. The monoisotopic (exact) mass is 317 g/mol. The molecule has 2 aromatic heterocycles. The second-order valence-electron chi connectivity index (χ2n) is 7.13. The van der Waals surface area contributed by atoms with E-state index in [1.807, 2.05) is 20.8 Å². The SMILES string of the molecule is CC1(C)[C@H](Nc2c(C(N)=O)cnn3cc(N)cc23)CC[C@@]1(C)O. The van der Waals surface area contributed by atoms with E-state index in [9.17, 15) is 9.90 Å². The fourth-order valence-electron chi connectivity index (χ4n) is 3.33. The van der Waals surface area contributed by atoms with Gasteiger partial charge in [-0.15, -0.1) is 0 Å². The zero-order valence-electron chi connectivity index (χ0n) is 13.6. The van der Waals surface area contributed by atoms with Crippen LogP contribution in [0.15, 0.2) is 18.5 Å². The van der Waals surface area contributed by atoms with E-state index in [0.29, 0.717) is 28.9 Å². The Hall–Kier alpha value is -2.28. The van der Waals surface area contributed by atoms with Gasteiger partial charge in [-0.2, -0.15) is 5.10 Å². The number of carbonyl (C=O) groups is 1. The van der Waals surface area contributed by atoms with E-state index >= 15 is 0 Å². The van der Waals surface area contributed by atoms with Crippen LogP contribution in [0, 0.1) is 5.41 Å². The van der Waals surface area contributed by atoms with Crippen LogP contribution in [0.5, 0.6) is 0 Å². The van der Waals surface area contributed by atoms with Crippen LogP contribution in [0.4, 0.5) is 11.4 Å². The molecule has 7 heteroatoms. The second-order valence-corrected chi connectivity index (χ2v) is 7.13. The molecule has 1 saturated carbocycles. The Labute approximate surface area is 134 Å². The molecular formula is C16H23N5O2. The average Bonchev–Trinajstić information content (AvgIpc) is 2.90. The summed E-state index contributed by atoms with van der Waals surface area (Å²) in [6.45, 7) is 5.89. The minimum Gasteiger partial charge on any atom is -0.397 e. The summed E-state index contributed by atoms with van der Waals surface area (Å²) >= 11 is 0. The molecule has 0 saturated heterocycles. The number of nitrogens with zero attached hydrogens (tertiary/aromatic N) is 2. The average molecular weight is 317 g/mol. The number of aromatic nitrogens is 2. The predicted octanol–water partition coefficient (Wildman–Crippen LogP) is 1.37. The van der Waals surface area contributed by atoms with Gasteiger partial charge in [-0.1, -0.05) is 13.8 Å². The molecule has 1 aliphatic rings. The van der Waals surface area contributed by atoms with Crippen molar-refractivity contribution in [1.29, 1.82) is 0 Å². The molecule has 0 aromatic carbocycles. The van der Waals surface area contributed by atoms with Gasteiger partial charge >= 0.3 is 0 Å². The van der Waals surface area contributed by atoms with E-state index in [4.69, 9.17) is 11.5 Å². The summed E-state index contributed by atoms with van der Waals surface area (Å²) in [7, 11) is 0. The molecule has 1 fully saturated rings. The largest absolute Gasteiger partial charge is 0.397 e. The number of carbonyl (C=O) groups excluding carboxylic acids is 1. The number of aliphatic hydroxyl groups is 1. The zero-order chi connectivity index (χ0) is 17.0. The number of fused-ring (bicyclic) bond motifs is 1. The van der Waals surface area contributed by atoms with Gasteiger partial charge in [0.2, 0.25) is 0 Å². The van der Waals surface area contributed by atoms with Gasteiger partial charge in [0.05, 0.1) is 40.4 Å². The highest BCUT2D eigenvalue weighted by atomic mass is 16.3. The molecule has 2 heterocycles. The standard InChI is InChI=1S/C16H23N5O2/c1-15(2)12(4-5-16(15,3)23)20-13-10(14(18)22)7-19-21-8-9(17)6-11(13)21/h6-8,12,20,23H,4-5,17H2,1-3H3,(H2,18,22)/t12-,16-/m1/s1. The highest BCUT2D eigenvalue weighted by Gasteiger charge is 2.50. The van der Waals surface area contributed by atoms with Crippen LogP contribution in [-0.2, 0) is 0 Å². The fourth-order valence-corrected chi connectivity index (χ4v) is 3.33. The lowest BCUT2D eigenvalue weighted by atomic mass is 9.76. The first kappa shape index (κ1) is 15.6. The summed E-state index contributed by atoms with van der Waals surface area (Å²) in [5.41, 5.74) is 12.4. The molecule has 2 atom stereocenters. The van der Waals surface area contributed by atoms with Crippen molar-refractivity contribution in [2.24, 2.45) is 11.1 Å². The van der Waals surface area contributed by atoms with Gasteiger partial charge in [0.15, 0.2) is 0 Å². The Balaban J connectivity index is 2.09. The summed E-state index contributed by atoms with van der Waals surface area (Å²) in [5, 5.41) is 18.2. The maximum atomic E-state index is 11.8. The van der Waals surface area contributed by atoms with Crippen molar-refractivity contribution in [3.05, 3.63) is 24.0 Å². The van der Waals surface area contributed by atoms with Crippen molar-refractivity contribution in [1.82, 2.24) is 9.61 Å². The molecule has 0 aliphatic heterocycles. The highest BCUT2D eigenvalue weighted by molar-refractivity contribution is 6.02. The Bertz CT molecular complexity index is 778. The van der Waals surface area contributed by atoms with Crippen molar-refractivity contribution in [3.63, 3.8) is 0 Å². The van der Waals surface area contributed by atoms with Crippen LogP contribution in [0.25, 0.3) is 5.52 Å². The van der Waals surface area contributed by atoms with Crippen molar-refractivity contribution >= 4 is 22.8 Å². The van der Waals surface area contributed by atoms with E-state index in [-0.39, 0.29) is 11.5 Å². The maximum Gasteiger partial charge on any atom is 0.252 e. The number of anilines is 2. The highest BCUT2D eigenvalue weighted by Crippen LogP contribution is 2.47. The number of amides is 1. The van der Waals surface area contributed by atoms with Gasteiger partial charge < -0.3 is 21.9 Å². The van der Waals surface area contributed by atoms with Crippen molar-refractivity contribution in [2.45, 2.75) is 45.3 Å². The summed E-state index contributed by atoms with van der Waals surface area (Å²) in [5.74, 6) is -0.551. The molecule has 1 amide bonds. The number of primary amides is 1. The molecule has 1 aliphatic carbocycles. The fraction of sp³-hybridized carbons (Fsp3) is 0.500. The molecule has 0 unspecified atom stereocenters. The lowest BCUT2D eigenvalue weighted by Crippen LogP contribution is -2.45. The minimum absolute atomic E-state index is 0.00192. The Kier molecular flexibility index (Phi) is 3.30. The van der Waals surface area contributed by atoms with Crippen LogP contribution >= 0.6 is 0 Å². The van der Waals surface area contributed by atoms with Crippen LogP contribution in [0.2, 0.25) is 0 Å². The molecule has 0 radical (unpaired) electrons. The molecule has 0 spiro atoms. The summed E-state index contributed by atoms with van der Waals surface area (Å²) in [4.78, 5) is 11.8. The number of rotatable bonds is 3. The first-order chi connectivity index (χ1) is 10.6. The molecule has 2 aromatic rings. The third-order valence-corrected chi connectivity index (χ3v) is 5.42. The number of hydrogen-bond donors (Lipinski definition) is 4. The van der Waals surface area contributed by atoms with E-state index < -0.39 is 11.5 Å². The second kappa shape index (κ2) is 4.86. The van der Waals surface area contributed by atoms with Crippen LogP contribution in [0.1, 0.15) is 44.0 Å². The van der Waals surface area contributed by atoms with Gasteiger partial charge in [0.1, 0.15) is 0 Å². The number of hydrogen-bond acceptors (Lipinski definition) is 5. The topological polar surface area (TPSA) is 119 Å². The predicted molar refractivity (Wildman–Crippen MR) is 89.2 cm³/mol.